The summed E-state index contributed by atoms with van der Waals surface area (Å²) in [6.45, 7) is 1.58. The minimum atomic E-state index is -4.11. The van der Waals surface area contributed by atoms with Gasteiger partial charge < -0.3 is 10.1 Å². The molecule has 0 bridgehead atoms. The van der Waals surface area contributed by atoms with Crippen LogP contribution in [0.4, 0.5) is 15.8 Å². The predicted molar refractivity (Wildman–Crippen MR) is 114 cm³/mol. The Morgan fingerprint density at radius 3 is 2.35 bits per heavy atom. The van der Waals surface area contributed by atoms with E-state index in [0.29, 0.717) is 5.56 Å². The van der Waals surface area contributed by atoms with Crippen LogP contribution in [0.15, 0.2) is 71.6 Å². The van der Waals surface area contributed by atoms with Crippen LogP contribution < -0.4 is 10.0 Å². The van der Waals surface area contributed by atoms with Crippen LogP contribution in [0, 0.1) is 12.7 Å². The lowest BCUT2D eigenvalue weighted by Crippen LogP contribution is -2.17. The number of sulfonamides is 1. The van der Waals surface area contributed by atoms with Gasteiger partial charge in [0.25, 0.3) is 15.9 Å². The highest BCUT2D eigenvalue weighted by Crippen LogP contribution is 2.24. The number of amides is 1. The molecule has 3 aromatic rings. The van der Waals surface area contributed by atoms with Crippen LogP contribution in [0.1, 0.15) is 26.3 Å². The second-order valence-corrected chi connectivity index (χ2v) is 8.24. The normalized spacial score (nSPS) is 10.9. The van der Waals surface area contributed by atoms with E-state index in [9.17, 15) is 22.4 Å². The molecule has 1 amide bonds. The summed E-state index contributed by atoms with van der Waals surface area (Å²) in [5, 5.41) is 2.60. The standard InChI is InChI=1S/C22H19FN2O5S/c1-14-10-11-17(24-21(26)15-6-5-7-16(12-15)22(27)30-2)13-20(14)31(28,29)25-19-9-4-3-8-18(19)23/h3-13,25H,1-2H3,(H,24,26). The number of nitrogens with one attached hydrogen (secondary N) is 2. The molecule has 3 rings (SSSR count). The molecule has 2 N–H and O–H groups in total. The first kappa shape index (κ1) is 22.0. The van der Waals surface area contributed by atoms with E-state index in [4.69, 9.17) is 0 Å². The van der Waals surface area contributed by atoms with Crippen molar-refractivity contribution in [3.63, 3.8) is 0 Å². The van der Waals surface area contributed by atoms with Gasteiger partial charge in [-0.25, -0.2) is 17.6 Å². The van der Waals surface area contributed by atoms with Crippen LogP contribution in [0.2, 0.25) is 0 Å². The summed E-state index contributed by atoms with van der Waals surface area (Å²) in [6, 6.07) is 15.7. The maximum absolute atomic E-state index is 13.9. The van der Waals surface area contributed by atoms with Crippen molar-refractivity contribution in [2.24, 2.45) is 0 Å². The Hall–Kier alpha value is -3.72. The number of methoxy groups -OCH3 is 1. The minimum absolute atomic E-state index is 0.114. The van der Waals surface area contributed by atoms with Gasteiger partial charge in [-0.1, -0.05) is 24.3 Å². The van der Waals surface area contributed by atoms with Crippen molar-refractivity contribution in [3.05, 3.63) is 89.2 Å². The second-order valence-electron chi connectivity index (χ2n) is 6.59. The highest BCUT2D eigenvalue weighted by atomic mass is 32.2. The third-order valence-corrected chi connectivity index (χ3v) is 5.91. The Morgan fingerprint density at radius 1 is 0.935 bits per heavy atom. The summed E-state index contributed by atoms with van der Waals surface area (Å²) < 4.78 is 46.3. The Balaban J connectivity index is 1.87. The summed E-state index contributed by atoms with van der Waals surface area (Å²) in [5.41, 5.74) is 0.840. The van der Waals surface area contributed by atoms with E-state index < -0.39 is 27.7 Å². The molecular weight excluding hydrogens is 423 g/mol. The van der Waals surface area contributed by atoms with Crippen LogP contribution in [-0.4, -0.2) is 27.4 Å². The third kappa shape index (κ3) is 5.07. The third-order valence-electron chi connectivity index (χ3n) is 4.40. The van der Waals surface area contributed by atoms with E-state index in [2.05, 4.69) is 14.8 Å². The van der Waals surface area contributed by atoms with Crippen LogP contribution in [-0.2, 0) is 14.8 Å². The van der Waals surface area contributed by atoms with E-state index in [-0.39, 0.29) is 27.4 Å². The van der Waals surface area contributed by atoms with Gasteiger partial charge in [0.15, 0.2) is 0 Å². The second kappa shape index (κ2) is 8.97. The lowest BCUT2D eigenvalue weighted by atomic mass is 10.1. The molecule has 0 saturated heterocycles. The number of aryl methyl sites for hydroxylation is 1. The molecule has 0 saturated carbocycles. The van der Waals surface area contributed by atoms with Crippen LogP contribution in [0.5, 0.6) is 0 Å². The number of carbonyl (C=O) groups excluding carboxylic acids is 2. The molecule has 0 unspecified atom stereocenters. The Bertz CT molecular complexity index is 1260. The lowest BCUT2D eigenvalue weighted by molar-refractivity contribution is 0.0600. The fourth-order valence-corrected chi connectivity index (χ4v) is 4.16. The Kier molecular flexibility index (Phi) is 6.36. The number of hydrogen-bond donors (Lipinski definition) is 2. The van der Waals surface area contributed by atoms with E-state index in [1.54, 1.807) is 13.0 Å². The van der Waals surface area contributed by atoms with Gasteiger partial charge in [0.05, 0.1) is 23.3 Å². The Morgan fingerprint density at radius 2 is 1.65 bits per heavy atom. The molecule has 9 heteroatoms. The first-order chi connectivity index (χ1) is 14.7. The monoisotopic (exact) mass is 442 g/mol. The van der Waals surface area contributed by atoms with Gasteiger partial charge in [-0.05, 0) is 55.0 Å². The van der Waals surface area contributed by atoms with Crippen molar-refractivity contribution in [3.8, 4) is 0 Å². The van der Waals surface area contributed by atoms with Gasteiger partial charge in [0, 0.05) is 11.3 Å². The highest BCUT2D eigenvalue weighted by Gasteiger charge is 2.20. The zero-order chi connectivity index (χ0) is 22.6. The molecular formula is C22H19FN2O5S. The number of rotatable bonds is 6. The molecule has 0 aliphatic heterocycles. The summed E-state index contributed by atoms with van der Waals surface area (Å²) >= 11 is 0. The fraction of sp³-hybridized carbons (Fsp3) is 0.0909. The predicted octanol–water partition coefficient (Wildman–Crippen LogP) is 3.97. The van der Waals surface area contributed by atoms with Crippen molar-refractivity contribution in [2.45, 2.75) is 11.8 Å². The molecule has 0 aliphatic rings. The molecule has 0 heterocycles. The summed E-state index contributed by atoms with van der Waals surface area (Å²) in [5.74, 6) is -1.84. The van der Waals surface area contributed by atoms with Crippen molar-refractivity contribution in [1.82, 2.24) is 0 Å². The van der Waals surface area contributed by atoms with E-state index in [1.807, 2.05) is 0 Å². The lowest BCUT2D eigenvalue weighted by Gasteiger charge is -2.13. The molecule has 0 spiro atoms. The molecule has 0 fully saturated rings. The maximum Gasteiger partial charge on any atom is 0.337 e. The van der Waals surface area contributed by atoms with Gasteiger partial charge >= 0.3 is 5.97 Å². The molecule has 0 aliphatic carbocycles. The van der Waals surface area contributed by atoms with Gasteiger partial charge in [-0.15, -0.1) is 0 Å². The zero-order valence-electron chi connectivity index (χ0n) is 16.7. The van der Waals surface area contributed by atoms with Crippen LogP contribution >= 0.6 is 0 Å². The SMILES string of the molecule is COC(=O)c1cccc(C(=O)Nc2ccc(C)c(S(=O)(=O)Nc3ccccc3F)c2)c1. The number of halogens is 1. The van der Waals surface area contributed by atoms with E-state index >= 15 is 0 Å². The number of anilines is 2. The number of benzene rings is 3. The first-order valence-corrected chi connectivity index (χ1v) is 10.6. The number of carbonyl (C=O) groups is 2. The maximum atomic E-state index is 13.9. The van der Waals surface area contributed by atoms with Gasteiger partial charge in [0.1, 0.15) is 5.82 Å². The number of hydrogen-bond acceptors (Lipinski definition) is 5. The average molecular weight is 442 g/mol. The number of ether oxygens (including phenoxy) is 1. The first-order valence-electron chi connectivity index (χ1n) is 9.09. The van der Waals surface area contributed by atoms with Crippen molar-refractivity contribution >= 4 is 33.3 Å². The summed E-state index contributed by atoms with van der Waals surface area (Å²) in [6.07, 6.45) is 0. The zero-order valence-corrected chi connectivity index (χ0v) is 17.5. The molecule has 3 aromatic carbocycles. The molecule has 0 radical (unpaired) electrons. The Labute approximate surface area is 178 Å². The summed E-state index contributed by atoms with van der Waals surface area (Å²) in [4.78, 5) is 24.1. The number of esters is 1. The average Bonchev–Trinajstić information content (AvgIpc) is 2.76. The van der Waals surface area contributed by atoms with Gasteiger partial charge in [-0.3, -0.25) is 9.52 Å². The van der Waals surface area contributed by atoms with E-state index in [0.717, 1.165) is 6.07 Å². The van der Waals surface area contributed by atoms with Crippen LogP contribution in [0.25, 0.3) is 0 Å². The topological polar surface area (TPSA) is 102 Å². The van der Waals surface area contributed by atoms with Gasteiger partial charge in [-0.2, -0.15) is 0 Å². The van der Waals surface area contributed by atoms with Crippen molar-refractivity contribution in [1.29, 1.82) is 0 Å². The highest BCUT2D eigenvalue weighted by molar-refractivity contribution is 7.92. The number of para-hydroxylation sites is 1. The molecule has 0 atom stereocenters. The minimum Gasteiger partial charge on any atom is -0.465 e. The smallest absolute Gasteiger partial charge is 0.337 e. The van der Waals surface area contributed by atoms with Crippen molar-refractivity contribution in [2.75, 3.05) is 17.1 Å². The van der Waals surface area contributed by atoms with Crippen LogP contribution in [0.3, 0.4) is 0 Å². The molecule has 7 nitrogen and oxygen atoms in total. The van der Waals surface area contributed by atoms with Crippen molar-refractivity contribution < 1.29 is 27.1 Å². The molecule has 160 valence electrons. The fourth-order valence-electron chi connectivity index (χ4n) is 2.82. The quantitative estimate of drug-likeness (QED) is 0.563. The van der Waals surface area contributed by atoms with Gasteiger partial charge in [0.2, 0.25) is 0 Å². The summed E-state index contributed by atoms with van der Waals surface area (Å²) in [7, 11) is -2.88. The largest absolute Gasteiger partial charge is 0.465 e. The molecule has 0 aromatic heterocycles. The molecule has 31 heavy (non-hydrogen) atoms. The van der Waals surface area contributed by atoms with E-state index in [1.165, 1.54) is 61.7 Å².